The second kappa shape index (κ2) is 10.5. The molecule has 0 fully saturated rings. The highest BCUT2D eigenvalue weighted by molar-refractivity contribution is 7.07. The Morgan fingerprint density at radius 1 is 0.976 bits per heavy atom. The lowest BCUT2D eigenvalue weighted by atomic mass is 9.83. The molecule has 0 unspecified atom stereocenters. The fourth-order valence-electron chi connectivity index (χ4n) is 6.23. The highest BCUT2D eigenvalue weighted by Crippen LogP contribution is 2.41. The van der Waals surface area contributed by atoms with E-state index < -0.39 is 0 Å². The maximum Gasteiger partial charge on any atom is 0.271 e. The molecule has 7 rings (SSSR count). The Balaban J connectivity index is 1.43. The van der Waals surface area contributed by atoms with Gasteiger partial charge in [0.2, 0.25) is 0 Å². The molecule has 1 atom stereocenters. The third-order valence-corrected chi connectivity index (χ3v) is 9.92. The number of allylic oxidation sites excluding steroid dienone is 1. The summed E-state index contributed by atoms with van der Waals surface area (Å²) in [5, 5.41) is 1.01. The van der Waals surface area contributed by atoms with Gasteiger partial charge in [-0.25, -0.2) is 4.99 Å². The Kier molecular flexibility index (Phi) is 6.73. The summed E-state index contributed by atoms with van der Waals surface area (Å²) in [6, 6.07) is 23.9. The van der Waals surface area contributed by atoms with Crippen LogP contribution in [0.4, 0.5) is 0 Å². The number of fused-ring (bicyclic) bond motifs is 3. The summed E-state index contributed by atoms with van der Waals surface area (Å²) in [5.41, 5.74) is 9.49. The molecule has 3 heterocycles. The molecule has 0 N–H and O–H groups in total. The molecule has 42 heavy (non-hydrogen) atoms. The van der Waals surface area contributed by atoms with Gasteiger partial charge in [-0.15, -0.1) is 0 Å². The van der Waals surface area contributed by atoms with Crippen molar-refractivity contribution in [2.45, 2.75) is 32.7 Å². The van der Waals surface area contributed by atoms with Gasteiger partial charge in [0, 0.05) is 22.6 Å². The van der Waals surface area contributed by atoms with E-state index in [4.69, 9.17) is 32.9 Å². The van der Waals surface area contributed by atoms with E-state index in [9.17, 15) is 4.79 Å². The summed E-state index contributed by atoms with van der Waals surface area (Å²) in [7, 11) is 1.67. The van der Waals surface area contributed by atoms with Gasteiger partial charge >= 0.3 is 0 Å². The van der Waals surface area contributed by atoms with Crippen LogP contribution >= 0.6 is 34.5 Å². The van der Waals surface area contributed by atoms with E-state index in [1.54, 1.807) is 13.2 Å². The SMILES string of the molecule is COc1cccc([C@H]2C3=C(N=c4s/c(=C/c5cc(C)n(-c6ccc(Cl)c(Cl)c6)c5C)c(=O)n42)c2ccccc2CC3)c1. The van der Waals surface area contributed by atoms with Crippen molar-refractivity contribution < 1.29 is 4.74 Å². The summed E-state index contributed by atoms with van der Waals surface area (Å²) in [5.74, 6) is 0.764. The average Bonchev–Trinajstić information content (AvgIpc) is 3.46. The maximum absolute atomic E-state index is 14.2. The zero-order valence-electron chi connectivity index (χ0n) is 23.3. The number of nitrogens with zero attached hydrogens (tertiary/aromatic N) is 3. The minimum Gasteiger partial charge on any atom is -0.497 e. The number of ether oxygens (including phenoxy) is 1. The Bertz CT molecular complexity index is 2120. The molecule has 0 amide bonds. The standard InChI is InChI=1S/C34H27Cl2N3O2S/c1-19-15-23(20(2)38(19)24-12-14-28(35)29(36)18-24)17-30-33(40)39-32(22-8-6-9-25(16-22)41-3)27-13-11-21-7-4-5-10-26(21)31(27)37-34(39)42-30/h4-10,12,14-18,32H,11,13H2,1-3H3/b30-17+/t32-/m0/s1. The van der Waals surface area contributed by atoms with Crippen LogP contribution in [0.2, 0.25) is 10.0 Å². The van der Waals surface area contributed by atoms with Crippen molar-refractivity contribution in [2.24, 2.45) is 4.99 Å². The summed E-state index contributed by atoms with van der Waals surface area (Å²) in [6.07, 6.45) is 3.74. The van der Waals surface area contributed by atoms with Crippen molar-refractivity contribution in [1.82, 2.24) is 9.13 Å². The first-order valence-electron chi connectivity index (χ1n) is 13.8. The van der Waals surface area contributed by atoms with Crippen LogP contribution in [-0.4, -0.2) is 16.2 Å². The molecule has 2 aromatic heterocycles. The van der Waals surface area contributed by atoms with Gasteiger partial charge in [-0.3, -0.25) is 9.36 Å². The highest BCUT2D eigenvalue weighted by Gasteiger charge is 2.32. The number of aryl methyl sites for hydroxylation is 2. The summed E-state index contributed by atoms with van der Waals surface area (Å²) in [6.45, 7) is 4.09. The normalized spacial score (nSPS) is 16.1. The number of methoxy groups -OCH3 is 1. The number of thiazole rings is 1. The first kappa shape index (κ1) is 27.0. The van der Waals surface area contributed by atoms with E-state index in [-0.39, 0.29) is 11.6 Å². The van der Waals surface area contributed by atoms with Crippen molar-refractivity contribution >= 4 is 46.3 Å². The molecule has 0 radical (unpaired) electrons. The molecular formula is C34H27Cl2N3O2S. The third kappa shape index (κ3) is 4.37. The van der Waals surface area contributed by atoms with Crippen LogP contribution in [-0.2, 0) is 6.42 Å². The predicted molar refractivity (Wildman–Crippen MR) is 171 cm³/mol. The van der Waals surface area contributed by atoms with Gasteiger partial charge < -0.3 is 9.30 Å². The molecule has 0 saturated carbocycles. The first-order chi connectivity index (χ1) is 20.3. The fraction of sp³-hybridized carbons (Fsp3) is 0.176. The van der Waals surface area contributed by atoms with Crippen LogP contribution in [0.25, 0.3) is 17.5 Å². The number of halogens is 2. The zero-order chi connectivity index (χ0) is 29.1. The molecule has 5 nitrogen and oxygen atoms in total. The first-order valence-corrected chi connectivity index (χ1v) is 15.3. The Morgan fingerprint density at radius 2 is 1.81 bits per heavy atom. The second-order valence-corrected chi connectivity index (χ2v) is 12.5. The van der Waals surface area contributed by atoms with Gasteiger partial charge in [-0.2, -0.15) is 0 Å². The largest absolute Gasteiger partial charge is 0.497 e. The van der Waals surface area contributed by atoms with E-state index >= 15 is 0 Å². The second-order valence-electron chi connectivity index (χ2n) is 10.7. The molecule has 1 aliphatic carbocycles. The van der Waals surface area contributed by atoms with E-state index in [1.807, 2.05) is 54.8 Å². The van der Waals surface area contributed by atoms with Crippen LogP contribution in [0.15, 0.2) is 88.2 Å². The van der Waals surface area contributed by atoms with Crippen molar-refractivity contribution in [3.8, 4) is 11.4 Å². The minimum absolute atomic E-state index is 0.0451. The third-order valence-electron chi connectivity index (χ3n) is 8.20. The van der Waals surface area contributed by atoms with Gasteiger partial charge in [0.05, 0.1) is 33.4 Å². The van der Waals surface area contributed by atoms with E-state index in [0.29, 0.717) is 19.4 Å². The Hall–Kier alpha value is -3.84. The lowest BCUT2D eigenvalue weighted by molar-refractivity contribution is 0.413. The smallest absolute Gasteiger partial charge is 0.271 e. The van der Waals surface area contributed by atoms with Crippen molar-refractivity contribution in [2.75, 3.05) is 7.11 Å². The lowest BCUT2D eigenvalue weighted by Crippen LogP contribution is -2.38. The van der Waals surface area contributed by atoms with Crippen molar-refractivity contribution in [1.29, 1.82) is 0 Å². The lowest BCUT2D eigenvalue weighted by Gasteiger charge is -2.31. The number of hydrogen-bond donors (Lipinski definition) is 0. The van der Waals surface area contributed by atoms with E-state index in [2.05, 4.69) is 41.0 Å². The molecule has 1 aliphatic heterocycles. The molecule has 3 aromatic carbocycles. The molecule has 5 aromatic rings. The molecule has 0 spiro atoms. The molecule has 0 bridgehead atoms. The fourth-order valence-corrected chi connectivity index (χ4v) is 7.51. The molecule has 0 saturated heterocycles. The van der Waals surface area contributed by atoms with Gasteiger partial charge in [0.1, 0.15) is 5.75 Å². The van der Waals surface area contributed by atoms with Gasteiger partial charge in [-0.05, 0) is 91.4 Å². The van der Waals surface area contributed by atoms with Crippen LogP contribution in [0.5, 0.6) is 5.75 Å². The molecular weight excluding hydrogens is 585 g/mol. The number of hydrogen-bond acceptors (Lipinski definition) is 4. The summed E-state index contributed by atoms with van der Waals surface area (Å²) in [4.78, 5) is 20.1. The molecule has 8 heteroatoms. The van der Waals surface area contributed by atoms with E-state index in [0.717, 1.165) is 58.1 Å². The topological polar surface area (TPSA) is 48.5 Å². The van der Waals surface area contributed by atoms with Crippen molar-refractivity contribution in [3.05, 3.63) is 142 Å². The van der Waals surface area contributed by atoms with Crippen LogP contribution in [0, 0.1) is 13.8 Å². The molecule has 2 aliphatic rings. The summed E-state index contributed by atoms with van der Waals surface area (Å²) >= 11 is 13.9. The predicted octanol–water partition coefficient (Wildman–Crippen LogP) is 7.04. The number of rotatable bonds is 4. The number of aromatic nitrogens is 2. The van der Waals surface area contributed by atoms with Crippen LogP contribution < -0.4 is 19.6 Å². The van der Waals surface area contributed by atoms with Crippen LogP contribution in [0.3, 0.4) is 0 Å². The quantitative estimate of drug-likeness (QED) is 0.219. The average molecular weight is 613 g/mol. The highest BCUT2D eigenvalue weighted by atomic mass is 35.5. The number of benzene rings is 3. The minimum atomic E-state index is -0.259. The van der Waals surface area contributed by atoms with Gasteiger partial charge in [0.25, 0.3) is 5.56 Å². The molecule has 210 valence electrons. The Labute approximate surface area is 257 Å². The maximum atomic E-state index is 14.2. The zero-order valence-corrected chi connectivity index (χ0v) is 25.6. The van der Waals surface area contributed by atoms with Gasteiger partial charge in [0.15, 0.2) is 4.80 Å². The monoisotopic (exact) mass is 611 g/mol. The van der Waals surface area contributed by atoms with E-state index in [1.165, 1.54) is 22.5 Å². The summed E-state index contributed by atoms with van der Waals surface area (Å²) < 4.78 is 10.2. The van der Waals surface area contributed by atoms with Crippen LogP contribution in [0.1, 0.15) is 46.1 Å². The van der Waals surface area contributed by atoms with Crippen molar-refractivity contribution in [3.63, 3.8) is 0 Å². The van der Waals surface area contributed by atoms with Gasteiger partial charge in [-0.1, -0.05) is 70.9 Å². The Morgan fingerprint density at radius 3 is 2.62 bits per heavy atom.